The maximum absolute atomic E-state index is 11.8. The third-order valence-corrected chi connectivity index (χ3v) is 4.27. The van der Waals surface area contributed by atoms with E-state index in [0.29, 0.717) is 25.9 Å². The number of nitrogens with two attached hydrogens (primary N) is 1. The summed E-state index contributed by atoms with van der Waals surface area (Å²) in [4.78, 5) is 13.0. The van der Waals surface area contributed by atoms with E-state index < -0.39 is 21.8 Å². The van der Waals surface area contributed by atoms with Gasteiger partial charge in [-0.3, -0.25) is 0 Å². The number of hydrogen-bond acceptors (Lipinski definition) is 7. The molecule has 1 rings (SSSR count). The molecule has 0 aliphatic carbocycles. The molecule has 0 aromatic carbocycles. The zero-order valence-corrected chi connectivity index (χ0v) is 12.1. The Morgan fingerprint density at radius 1 is 1.45 bits per heavy atom. The fourth-order valence-electron chi connectivity index (χ4n) is 1.94. The monoisotopic (exact) mass is 309 g/mol. The molecule has 1 fully saturated rings. The number of piperidine rings is 1. The van der Waals surface area contributed by atoms with Crippen molar-refractivity contribution in [3.05, 3.63) is 0 Å². The van der Waals surface area contributed by atoms with Gasteiger partial charge in [-0.15, -0.1) is 0 Å². The molecule has 0 aromatic rings. The molecule has 1 aliphatic rings. The van der Waals surface area contributed by atoms with Crippen LogP contribution in [0.2, 0.25) is 0 Å². The molecule has 0 aromatic heterocycles. The second kappa shape index (κ2) is 6.24. The van der Waals surface area contributed by atoms with E-state index in [1.807, 2.05) is 11.9 Å². The molecule has 20 heavy (non-hydrogen) atoms. The Kier molecular flexibility index (Phi) is 5.14. The van der Waals surface area contributed by atoms with E-state index >= 15 is 0 Å². The first-order valence-electron chi connectivity index (χ1n) is 5.81. The number of amidine groups is 1. The number of rotatable bonds is 4. The van der Waals surface area contributed by atoms with Gasteiger partial charge < -0.3 is 20.6 Å². The van der Waals surface area contributed by atoms with Gasteiger partial charge in [0.25, 0.3) is 0 Å². The Morgan fingerprint density at radius 2 is 2.00 bits per heavy atom. The lowest BCUT2D eigenvalue weighted by Gasteiger charge is -2.39. The molecule has 0 saturated carbocycles. The van der Waals surface area contributed by atoms with Crippen molar-refractivity contribution in [2.24, 2.45) is 10.9 Å². The first-order chi connectivity index (χ1) is 9.24. The molecule has 0 radical (unpaired) electrons. The van der Waals surface area contributed by atoms with Crippen LogP contribution in [0.25, 0.3) is 0 Å². The summed E-state index contributed by atoms with van der Waals surface area (Å²) < 4.78 is 31.8. The summed E-state index contributed by atoms with van der Waals surface area (Å²) >= 11 is 0. The number of methoxy groups -OCH3 is 1. The zero-order valence-electron chi connectivity index (χ0n) is 11.3. The average Bonchev–Trinajstić information content (AvgIpc) is 2.39. The number of nitrogens with one attached hydrogen (secondary N) is 2. The Bertz CT molecular complexity index is 483. The molecule has 0 bridgehead atoms. The molecule has 116 valence electrons. The summed E-state index contributed by atoms with van der Waals surface area (Å²) in [7, 11) is -1.27. The third-order valence-electron chi connectivity index (χ3n) is 3.17. The molecule has 1 heterocycles. The van der Waals surface area contributed by atoms with E-state index in [1.165, 1.54) is 0 Å². The number of carbonyl (C=O) groups is 1. The summed E-state index contributed by atoms with van der Waals surface area (Å²) in [6.07, 6.45) is -0.511. The minimum Gasteiger partial charge on any atom is -0.452 e. The predicted octanol–water partition coefficient (Wildman–Crippen LogP) is -1.61. The minimum atomic E-state index is -4.19. The van der Waals surface area contributed by atoms with Crippen molar-refractivity contribution in [2.45, 2.75) is 18.4 Å². The second-order valence-electron chi connectivity index (χ2n) is 4.57. The standard InChI is InChI=1S/C9H19N5O5S/c1-14-5-3-9(4-6-14,7(10)11-16)13-20(17,18)12-8(15)19-2/h13,16H,3-6H2,1-2H3,(H2,10,11)(H,12,15). The summed E-state index contributed by atoms with van der Waals surface area (Å²) in [6, 6.07) is 0. The Morgan fingerprint density at radius 3 is 2.45 bits per heavy atom. The predicted molar refractivity (Wildman–Crippen MR) is 70.5 cm³/mol. The zero-order chi connectivity index (χ0) is 15.4. The normalized spacial score (nSPS) is 20.4. The second-order valence-corrected chi connectivity index (χ2v) is 5.98. The van der Waals surface area contributed by atoms with E-state index in [-0.39, 0.29) is 5.84 Å². The molecule has 1 saturated heterocycles. The van der Waals surface area contributed by atoms with Crippen LogP contribution in [0.5, 0.6) is 0 Å². The van der Waals surface area contributed by atoms with Crippen LogP contribution in [-0.2, 0) is 14.9 Å². The van der Waals surface area contributed by atoms with Crippen LogP contribution < -0.4 is 15.2 Å². The largest absolute Gasteiger partial charge is 0.452 e. The molecule has 11 heteroatoms. The molecular weight excluding hydrogens is 290 g/mol. The van der Waals surface area contributed by atoms with Crippen molar-refractivity contribution in [2.75, 3.05) is 27.2 Å². The van der Waals surface area contributed by atoms with Crippen molar-refractivity contribution in [3.63, 3.8) is 0 Å². The van der Waals surface area contributed by atoms with Gasteiger partial charge in [0.05, 0.1) is 12.6 Å². The highest BCUT2D eigenvalue weighted by Gasteiger charge is 2.42. The summed E-state index contributed by atoms with van der Waals surface area (Å²) in [5.41, 5.74) is 4.37. The number of oxime groups is 1. The SMILES string of the molecule is COC(=O)NS(=O)(=O)NC1(C(N)=NO)CCN(C)CC1. The van der Waals surface area contributed by atoms with E-state index in [9.17, 15) is 13.2 Å². The number of ether oxygens (including phenoxy) is 1. The van der Waals surface area contributed by atoms with Gasteiger partial charge in [0.2, 0.25) is 0 Å². The summed E-state index contributed by atoms with van der Waals surface area (Å²) in [6.45, 7) is 1.11. The lowest BCUT2D eigenvalue weighted by Crippen LogP contribution is -2.63. The lowest BCUT2D eigenvalue weighted by atomic mass is 9.88. The fraction of sp³-hybridized carbons (Fsp3) is 0.778. The van der Waals surface area contributed by atoms with Crippen LogP contribution in [0.15, 0.2) is 5.16 Å². The van der Waals surface area contributed by atoms with Gasteiger partial charge in [-0.2, -0.15) is 13.1 Å². The molecule has 10 nitrogen and oxygen atoms in total. The highest BCUT2D eigenvalue weighted by atomic mass is 32.2. The van der Waals surface area contributed by atoms with Gasteiger partial charge in [-0.25, -0.2) is 9.52 Å². The van der Waals surface area contributed by atoms with Crippen molar-refractivity contribution in [1.82, 2.24) is 14.3 Å². The number of likely N-dealkylation sites (tertiary alicyclic amines) is 1. The van der Waals surface area contributed by atoms with E-state index in [1.54, 1.807) is 4.72 Å². The first-order valence-corrected chi connectivity index (χ1v) is 7.29. The first kappa shape index (κ1) is 16.5. The smallest absolute Gasteiger partial charge is 0.421 e. The Labute approximate surface area is 117 Å². The molecule has 1 amide bonds. The number of hydrogen-bond donors (Lipinski definition) is 4. The van der Waals surface area contributed by atoms with Crippen molar-refractivity contribution in [3.8, 4) is 0 Å². The number of carbonyl (C=O) groups excluding carboxylic acids is 1. The van der Waals surface area contributed by atoms with Crippen LogP contribution in [0.4, 0.5) is 4.79 Å². The van der Waals surface area contributed by atoms with Gasteiger partial charge in [0.1, 0.15) is 0 Å². The topological polar surface area (TPSA) is 146 Å². The van der Waals surface area contributed by atoms with E-state index in [0.717, 1.165) is 7.11 Å². The highest BCUT2D eigenvalue weighted by molar-refractivity contribution is 7.88. The van der Waals surface area contributed by atoms with Crippen LogP contribution in [-0.4, -0.2) is 63.2 Å². The van der Waals surface area contributed by atoms with Crippen LogP contribution in [0.1, 0.15) is 12.8 Å². The van der Waals surface area contributed by atoms with Crippen molar-refractivity contribution >= 4 is 22.1 Å². The van der Waals surface area contributed by atoms with E-state index in [2.05, 4.69) is 14.6 Å². The molecule has 1 aliphatic heterocycles. The van der Waals surface area contributed by atoms with E-state index in [4.69, 9.17) is 10.9 Å². The molecule has 0 atom stereocenters. The van der Waals surface area contributed by atoms with Gasteiger partial charge in [-0.1, -0.05) is 5.16 Å². The average molecular weight is 309 g/mol. The summed E-state index contributed by atoms with van der Waals surface area (Å²) in [5.74, 6) is -0.249. The number of amides is 1. The maximum atomic E-state index is 11.8. The van der Waals surface area contributed by atoms with Gasteiger partial charge in [0.15, 0.2) is 5.84 Å². The van der Waals surface area contributed by atoms with Gasteiger partial charge in [0, 0.05) is 13.1 Å². The molecule has 0 unspecified atom stereocenters. The number of nitrogens with zero attached hydrogens (tertiary/aromatic N) is 2. The van der Waals surface area contributed by atoms with Gasteiger partial charge >= 0.3 is 16.3 Å². The molecule has 5 N–H and O–H groups in total. The Hall–Kier alpha value is -1.59. The van der Waals surface area contributed by atoms with Crippen LogP contribution >= 0.6 is 0 Å². The van der Waals surface area contributed by atoms with Crippen LogP contribution in [0, 0.1) is 0 Å². The molecular formula is C9H19N5O5S. The fourth-order valence-corrected chi connectivity index (χ4v) is 3.12. The van der Waals surface area contributed by atoms with Gasteiger partial charge in [-0.05, 0) is 19.9 Å². The van der Waals surface area contributed by atoms with Crippen LogP contribution in [0.3, 0.4) is 0 Å². The lowest BCUT2D eigenvalue weighted by molar-refractivity contribution is 0.177. The third kappa shape index (κ3) is 3.95. The maximum Gasteiger partial charge on any atom is 0.421 e. The molecule has 0 spiro atoms. The minimum absolute atomic E-state index is 0.249. The highest BCUT2D eigenvalue weighted by Crippen LogP contribution is 2.22. The quantitative estimate of drug-likeness (QED) is 0.211. The summed E-state index contributed by atoms with van der Waals surface area (Å²) in [5, 5.41) is 11.7. The van der Waals surface area contributed by atoms with Crippen molar-refractivity contribution in [1.29, 1.82) is 0 Å². The van der Waals surface area contributed by atoms with Crippen molar-refractivity contribution < 1.29 is 23.2 Å². The Balaban J connectivity index is 2.94.